The van der Waals surface area contributed by atoms with Crippen molar-refractivity contribution in [2.24, 2.45) is 0 Å². The van der Waals surface area contributed by atoms with E-state index in [-0.39, 0.29) is 0 Å². The summed E-state index contributed by atoms with van der Waals surface area (Å²) in [7, 11) is 1.78. The molecule has 0 saturated carbocycles. The van der Waals surface area contributed by atoms with Gasteiger partial charge in [-0.3, -0.25) is 0 Å². The molecule has 1 fully saturated rings. The Kier molecular flexibility index (Phi) is 6.52. The molecule has 0 bridgehead atoms. The summed E-state index contributed by atoms with van der Waals surface area (Å²) in [4.78, 5) is 2.57. The zero-order chi connectivity index (χ0) is 15.1. The van der Waals surface area contributed by atoms with Gasteiger partial charge in [-0.05, 0) is 44.2 Å². The Morgan fingerprint density at radius 3 is 2.76 bits per heavy atom. The van der Waals surface area contributed by atoms with Crippen molar-refractivity contribution in [1.29, 1.82) is 0 Å². The maximum atomic E-state index is 5.26. The molecule has 118 valence electrons. The number of rotatable bonds is 5. The Labute approximate surface area is 129 Å². The van der Waals surface area contributed by atoms with Gasteiger partial charge in [0.05, 0.1) is 6.61 Å². The van der Waals surface area contributed by atoms with Crippen molar-refractivity contribution in [1.82, 2.24) is 5.32 Å². The molecule has 2 atom stereocenters. The summed E-state index contributed by atoms with van der Waals surface area (Å²) in [5.74, 6) is 0. The molecule has 1 aliphatic heterocycles. The largest absolute Gasteiger partial charge is 0.384 e. The highest BCUT2D eigenvalue weighted by atomic mass is 16.5. The molecule has 0 aliphatic carbocycles. The van der Waals surface area contributed by atoms with Crippen LogP contribution in [0.25, 0.3) is 0 Å². The fourth-order valence-electron chi connectivity index (χ4n) is 3.15. The zero-order valence-electron chi connectivity index (χ0n) is 13.8. The second-order valence-electron chi connectivity index (χ2n) is 6.11. The molecule has 3 nitrogen and oxygen atoms in total. The van der Waals surface area contributed by atoms with Gasteiger partial charge in [-0.1, -0.05) is 25.1 Å². The lowest BCUT2D eigenvalue weighted by molar-refractivity contribution is 0.202. The normalized spacial score (nSPS) is 23.7. The van der Waals surface area contributed by atoms with Gasteiger partial charge >= 0.3 is 0 Å². The SMILES string of the molecule is CCC1CCN(c2ccccc2CCOC)CCC(C)N1. The molecule has 1 saturated heterocycles. The molecular formula is C18H30N2O. The third-order valence-corrected chi connectivity index (χ3v) is 4.50. The van der Waals surface area contributed by atoms with Gasteiger partial charge in [0.1, 0.15) is 0 Å². The van der Waals surface area contributed by atoms with E-state index in [0.29, 0.717) is 12.1 Å². The molecule has 2 rings (SSSR count). The Morgan fingerprint density at radius 1 is 1.24 bits per heavy atom. The van der Waals surface area contributed by atoms with Crippen LogP contribution < -0.4 is 10.2 Å². The highest BCUT2D eigenvalue weighted by Crippen LogP contribution is 2.23. The first-order chi connectivity index (χ1) is 10.2. The van der Waals surface area contributed by atoms with E-state index in [1.165, 1.54) is 30.5 Å². The highest BCUT2D eigenvalue weighted by Gasteiger charge is 2.19. The standard InChI is InChI=1S/C18H30N2O/c1-4-17-10-13-20(12-9-15(2)19-17)18-8-6-5-7-16(18)11-14-21-3/h5-8,15,17,19H,4,9-14H2,1-3H3. The molecule has 1 aromatic rings. The molecule has 0 aromatic heterocycles. The predicted octanol–water partition coefficient (Wildman–Crippen LogP) is 3.23. The summed E-state index contributed by atoms with van der Waals surface area (Å²) in [6.45, 7) is 7.66. The highest BCUT2D eigenvalue weighted by molar-refractivity contribution is 5.53. The number of ether oxygens (including phenoxy) is 1. The molecule has 1 aromatic carbocycles. The second-order valence-corrected chi connectivity index (χ2v) is 6.11. The van der Waals surface area contributed by atoms with Crippen LogP contribution >= 0.6 is 0 Å². The summed E-state index contributed by atoms with van der Waals surface area (Å²) in [5, 5.41) is 3.74. The van der Waals surface area contributed by atoms with E-state index in [1.807, 2.05) is 0 Å². The van der Waals surface area contributed by atoms with E-state index in [4.69, 9.17) is 4.74 Å². The van der Waals surface area contributed by atoms with Crippen molar-refractivity contribution in [2.45, 2.75) is 51.6 Å². The number of para-hydroxylation sites is 1. The molecule has 2 unspecified atom stereocenters. The van der Waals surface area contributed by atoms with Crippen LogP contribution in [0, 0.1) is 0 Å². The monoisotopic (exact) mass is 290 g/mol. The predicted molar refractivity (Wildman–Crippen MR) is 90.1 cm³/mol. The molecule has 0 spiro atoms. The number of nitrogens with zero attached hydrogens (tertiary/aromatic N) is 1. The molecule has 1 heterocycles. The fraction of sp³-hybridized carbons (Fsp3) is 0.667. The van der Waals surface area contributed by atoms with Crippen molar-refractivity contribution >= 4 is 5.69 Å². The summed E-state index contributed by atoms with van der Waals surface area (Å²) in [6.07, 6.45) is 4.63. The van der Waals surface area contributed by atoms with Gasteiger partial charge in [-0.25, -0.2) is 0 Å². The number of anilines is 1. The van der Waals surface area contributed by atoms with Crippen LogP contribution in [0.1, 0.15) is 38.7 Å². The summed E-state index contributed by atoms with van der Waals surface area (Å²) in [6, 6.07) is 10.1. The van der Waals surface area contributed by atoms with Crippen molar-refractivity contribution in [3.05, 3.63) is 29.8 Å². The Bertz CT molecular complexity index is 421. The Hall–Kier alpha value is -1.06. The smallest absolute Gasteiger partial charge is 0.0503 e. The quantitative estimate of drug-likeness (QED) is 0.901. The summed E-state index contributed by atoms with van der Waals surface area (Å²) >= 11 is 0. The van der Waals surface area contributed by atoms with Crippen LogP contribution in [0.3, 0.4) is 0 Å². The number of nitrogens with one attached hydrogen (secondary N) is 1. The van der Waals surface area contributed by atoms with Gasteiger partial charge in [0, 0.05) is 38.0 Å². The van der Waals surface area contributed by atoms with Gasteiger partial charge in [0.2, 0.25) is 0 Å². The molecule has 21 heavy (non-hydrogen) atoms. The van der Waals surface area contributed by atoms with Crippen LogP contribution in [0.5, 0.6) is 0 Å². The van der Waals surface area contributed by atoms with Crippen molar-refractivity contribution in [3.8, 4) is 0 Å². The van der Waals surface area contributed by atoms with Gasteiger partial charge in [0.25, 0.3) is 0 Å². The maximum Gasteiger partial charge on any atom is 0.0503 e. The summed E-state index contributed by atoms with van der Waals surface area (Å²) < 4.78 is 5.26. The van der Waals surface area contributed by atoms with Gasteiger partial charge in [0.15, 0.2) is 0 Å². The van der Waals surface area contributed by atoms with E-state index in [2.05, 4.69) is 48.3 Å². The number of methoxy groups -OCH3 is 1. The van der Waals surface area contributed by atoms with Crippen LogP contribution in [-0.2, 0) is 11.2 Å². The number of benzene rings is 1. The van der Waals surface area contributed by atoms with Crippen molar-refractivity contribution in [3.63, 3.8) is 0 Å². The van der Waals surface area contributed by atoms with Crippen molar-refractivity contribution in [2.75, 3.05) is 31.7 Å². The molecule has 0 radical (unpaired) electrons. The molecule has 3 heteroatoms. The molecule has 1 aliphatic rings. The Balaban J connectivity index is 2.11. The number of hydrogen-bond acceptors (Lipinski definition) is 3. The molecule has 1 N–H and O–H groups in total. The topological polar surface area (TPSA) is 24.5 Å². The Morgan fingerprint density at radius 2 is 2.00 bits per heavy atom. The van der Waals surface area contributed by atoms with E-state index in [0.717, 1.165) is 26.1 Å². The third-order valence-electron chi connectivity index (χ3n) is 4.50. The first kappa shape index (κ1) is 16.3. The first-order valence-corrected chi connectivity index (χ1v) is 8.32. The van der Waals surface area contributed by atoms with Gasteiger partial charge in [-0.15, -0.1) is 0 Å². The second kappa shape index (κ2) is 8.40. The summed E-state index contributed by atoms with van der Waals surface area (Å²) in [5.41, 5.74) is 2.81. The fourth-order valence-corrected chi connectivity index (χ4v) is 3.15. The minimum atomic E-state index is 0.601. The minimum Gasteiger partial charge on any atom is -0.384 e. The molecular weight excluding hydrogens is 260 g/mol. The van der Waals surface area contributed by atoms with Crippen LogP contribution in [-0.4, -0.2) is 38.9 Å². The maximum absolute atomic E-state index is 5.26. The average molecular weight is 290 g/mol. The lowest BCUT2D eigenvalue weighted by Gasteiger charge is -2.34. The van der Waals surface area contributed by atoms with Gasteiger partial charge in [-0.2, -0.15) is 0 Å². The zero-order valence-corrected chi connectivity index (χ0v) is 13.8. The van der Waals surface area contributed by atoms with Crippen LogP contribution in [0.4, 0.5) is 5.69 Å². The van der Waals surface area contributed by atoms with E-state index < -0.39 is 0 Å². The first-order valence-electron chi connectivity index (χ1n) is 8.32. The van der Waals surface area contributed by atoms with Gasteiger partial charge < -0.3 is 15.0 Å². The molecule has 0 amide bonds. The lowest BCUT2D eigenvalue weighted by atomic mass is 10.0. The van der Waals surface area contributed by atoms with Crippen LogP contribution in [0.2, 0.25) is 0 Å². The van der Waals surface area contributed by atoms with Crippen LogP contribution in [0.15, 0.2) is 24.3 Å². The van der Waals surface area contributed by atoms with Crippen molar-refractivity contribution < 1.29 is 4.74 Å². The minimum absolute atomic E-state index is 0.601. The van der Waals surface area contributed by atoms with E-state index in [1.54, 1.807) is 7.11 Å². The third kappa shape index (κ3) is 4.72. The average Bonchev–Trinajstić information content (AvgIpc) is 2.50. The van der Waals surface area contributed by atoms with E-state index in [9.17, 15) is 0 Å². The number of hydrogen-bond donors (Lipinski definition) is 1. The van der Waals surface area contributed by atoms with E-state index >= 15 is 0 Å². The lowest BCUT2D eigenvalue weighted by Crippen LogP contribution is -2.44.